The molecule has 2 aromatic rings. The van der Waals surface area contributed by atoms with Crippen LogP contribution in [0.5, 0.6) is 0 Å². The second kappa shape index (κ2) is 5.32. The number of hydrogen-bond donors (Lipinski definition) is 2. The number of nitrogens with zero attached hydrogens (tertiary/aromatic N) is 2. The van der Waals surface area contributed by atoms with E-state index < -0.39 is 5.91 Å². The highest BCUT2D eigenvalue weighted by Gasteiger charge is 2.17. The zero-order valence-corrected chi connectivity index (χ0v) is 12.0. The molecule has 2 N–H and O–H groups in total. The highest BCUT2D eigenvalue weighted by Crippen LogP contribution is 2.22. The lowest BCUT2D eigenvalue weighted by Gasteiger charge is -2.09. The molecule has 0 unspecified atom stereocenters. The van der Waals surface area contributed by atoms with E-state index in [9.17, 15) is 9.59 Å². The molecular formula is C14H18N4O2. The molecule has 20 heavy (non-hydrogen) atoms. The first-order chi connectivity index (χ1) is 9.41. The number of anilines is 1. The van der Waals surface area contributed by atoms with Gasteiger partial charge >= 0.3 is 0 Å². The average Bonchev–Trinajstić information content (AvgIpc) is 2.67. The predicted octanol–water partition coefficient (Wildman–Crippen LogP) is 2.02. The van der Waals surface area contributed by atoms with E-state index in [1.165, 1.54) is 18.5 Å². The Morgan fingerprint density at radius 1 is 1.40 bits per heavy atom. The van der Waals surface area contributed by atoms with Crippen molar-refractivity contribution in [3.63, 3.8) is 0 Å². The molecule has 0 bridgehead atoms. The Hall–Kier alpha value is -2.37. The third-order valence-corrected chi connectivity index (χ3v) is 3.12. The summed E-state index contributed by atoms with van der Waals surface area (Å²) in [5.41, 5.74) is 2.04. The minimum absolute atomic E-state index is 0.0867. The zero-order valence-electron chi connectivity index (χ0n) is 12.0. The Labute approximate surface area is 116 Å². The number of aryl methyl sites for hydroxylation is 1. The van der Waals surface area contributed by atoms with Crippen molar-refractivity contribution in [1.82, 2.24) is 14.8 Å². The highest BCUT2D eigenvalue weighted by atomic mass is 16.2. The molecule has 2 aromatic heterocycles. The topological polar surface area (TPSA) is 79.8 Å². The summed E-state index contributed by atoms with van der Waals surface area (Å²) in [5, 5.41) is 7.16. The summed E-state index contributed by atoms with van der Waals surface area (Å²) < 4.78 is 1.85. The molecule has 2 heterocycles. The van der Waals surface area contributed by atoms with Gasteiger partial charge in [-0.05, 0) is 27.7 Å². The molecule has 0 saturated heterocycles. The van der Waals surface area contributed by atoms with Gasteiger partial charge in [0.1, 0.15) is 5.56 Å². The van der Waals surface area contributed by atoms with Crippen molar-refractivity contribution in [3.05, 3.63) is 45.6 Å². The summed E-state index contributed by atoms with van der Waals surface area (Å²) in [6.07, 6.45) is 2.89. The first-order valence-electron chi connectivity index (χ1n) is 6.46. The second-order valence-electron chi connectivity index (χ2n) is 4.96. The monoisotopic (exact) mass is 274 g/mol. The Bertz CT molecular complexity index is 697. The van der Waals surface area contributed by atoms with Gasteiger partial charge in [-0.1, -0.05) is 0 Å². The van der Waals surface area contributed by atoms with Crippen LogP contribution >= 0.6 is 0 Å². The molecule has 0 radical (unpaired) electrons. The fraction of sp³-hybridized carbons (Fsp3) is 0.357. The first kappa shape index (κ1) is 14.0. The summed E-state index contributed by atoms with van der Waals surface area (Å²) in [7, 11) is 0. The number of aromatic amines is 1. The molecule has 6 nitrogen and oxygen atoms in total. The Morgan fingerprint density at radius 3 is 2.65 bits per heavy atom. The fourth-order valence-electron chi connectivity index (χ4n) is 2.12. The van der Waals surface area contributed by atoms with Crippen molar-refractivity contribution >= 4 is 11.6 Å². The third-order valence-electron chi connectivity index (χ3n) is 3.12. The lowest BCUT2D eigenvalue weighted by Crippen LogP contribution is -2.21. The number of hydrogen-bond acceptors (Lipinski definition) is 3. The molecule has 106 valence electrons. The third kappa shape index (κ3) is 2.49. The van der Waals surface area contributed by atoms with Gasteiger partial charge in [-0.2, -0.15) is 5.10 Å². The Morgan fingerprint density at radius 2 is 2.10 bits per heavy atom. The van der Waals surface area contributed by atoms with E-state index in [2.05, 4.69) is 15.4 Å². The second-order valence-corrected chi connectivity index (χ2v) is 4.96. The SMILES string of the molecule is Cc1nn(C(C)C)c(C)c1NC(=O)c1c[nH]ccc1=O. The minimum atomic E-state index is -0.429. The summed E-state index contributed by atoms with van der Waals surface area (Å²) in [6.45, 7) is 7.77. The maximum atomic E-state index is 12.2. The molecule has 0 fully saturated rings. The molecule has 0 aromatic carbocycles. The number of aromatic nitrogens is 3. The first-order valence-corrected chi connectivity index (χ1v) is 6.46. The number of carbonyl (C=O) groups is 1. The molecule has 0 saturated carbocycles. The van der Waals surface area contributed by atoms with E-state index in [0.717, 1.165) is 11.4 Å². The van der Waals surface area contributed by atoms with Gasteiger partial charge in [-0.15, -0.1) is 0 Å². The summed E-state index contributed by atoms with van der Waals surface area (Å²) in [6, 6.07) is 1.53. The van der Waals surface area contributed by atoms with E-state index in [0.29, 0.717) is 5.69 Å². The van der Waals surface area contributed by atoms with Gasteiger partial charge in [0.25, 0.3) is 5.91 Å². The van der Waals surface area contributed by atoms with Gasteiger partial charge in [0, 0.05) is 24.5 Å². The van der Waals surface area contributed by atoms with Crippen molar-refractivity contribution < 1.29 is 4.79 Å². The van der Waals surface area contributed by atoms with Gasteiger partial charge < -0.3 is 10.3 Å². The molecule has 1 amide bonds. The normalized spacial score (nSPS) is 10.8. The lowest BCUT2D eigenvalue weighted by molar-refractivity contribution is 0.102. The summed E-state index contributed by atoms with van der Waals surface area (Å²) in [5.74, 6) is -0.429. The van der Waals surface area contributed by atoms with Crippen LogP contribution in [0, 0.1) is 13.8 Å². The maximum Gasteiger partial charge on any atom is 0.261 e. The van der Waals surface area contributed by atoms with Crippen LogP contribution in [0.25, 0.3) is 0 Å². The van der Waals surface area contributed by atoms with Crippen LogP contribution in [-0.4, -0.2) is 20.7 Å². The van der Waals surface area contributed by atoms with E-state index in [1.807, 2.05) is 32.4 Å². The van der Waals surface area contributed by atoms with Crippen LogP contribution < -0.4 is 10.7 Å². The molecule has 0 atom stereocenters. The van der Waals surface area contributed by atoms with Crippen molar-refractivity contribution in [2.75, 3.05) is 5.32 Å². The Kier molecular flexibility index (Phi) is 3.74. The summed E-state index contributed by atoms with van der Waals surface area (Å²) >= 11 is 0. The number of rotatable bonds is 3. The van der Waals surface area contributed by atoms with Crippen molar-refractivity contribution in [1.29, 1.82) is 0 Å². The molecular weight excluding hydrogens is 256 g/mol. The Balaban J connectivity index is 2.34. The van der Waals surface area contributed by atoms with Crippen LogP contribution in [0.3, 0.4) is 0 Å². The quantitative estimate of drug-likeness (QED) is 0.898. The van der Waals surface area contributed by atoms with E-state index in [1.54, 1.807) is 0 Å². The molecule has 0 aliphatic rings. The number of amides is 1. The molecule has 0 spiro atoms. The maximum absolute atomic E-state index is 12.2. The molecule has 0 aliphatic carbocycles. The average molecular weight is 274 g/mol. The van der Waals surface area contributed by atoms with E-state index >= 15 is 0 Å². The van der Waals surface area contributed by atoms with E-state index in [-0.39, 0.29) is 17.0 Å². The number of pyridine rings is 1. The number of nitrogens with one attached hydrogen (secondary N) is 2. The largest absolute Gasteiger partial charge is 0.367 e. The van der Waals surface area contributed by atoms with Crippen LogP contribution in [0.4, 0.5) is 5.69 Å². The van der Waals surface area contributed by atoms with Gasteiger partial charge in [0.2, 0.25) is 0 Å². The number of H-pyrrole nitrogens is 1. The van der Waals surface area contributed by atoms with Crippen LogP contribution in [-0.2, 0) is 0 Å². The van der Waals surface area contributed by atoms with Crippen LogP contribution in [0.15, 0.2) is 23.3 Å². The van der Waals surface area contributed by atoms with Crippen molar-refractivity contribution in [2.45, 2.75) is 33.7 Å². The zero-order chi connectivity index (χ0) is 14.9. The standard InChI is InChI=1S/C14H18N4O2/c1-8(2)18-10(4)13(9(3)17-18)16-14(20)11-7-15-6-5-12(11)19/h5-8H,1-4H3,(H,15,19)(H,16,20). The van der Waals surface area contributed by atoms with Gasteiger partial charge in [0.05, 0.1) is 17.1 Å². The smallest absolute Gasteiger partial charge is 0.261 e. The van der Waals surface area contributed by atoms with Gasteiger partial charge in [-0.3, -0.25) is 14.3 Å². The number of carbonyl (C=O) groups excluding carboxylic acids is 1. The van der Waals surface area contributed by atoms with Crippen molar-refractivity contribution in [3.8, 4) is 0 Å². The fourth-order valence-corrected chi connectivity index (χ4v) is 2.12. The minimum Gasteiger partial charge on any atom is -0.367 e. The predicted molar refractivity (Wildman–Crippen MR) is 77.1 cm³/mol. The van der Waals surface area contributed by atoms with Crippen LogP contribution in [0.2, 0.25) is 0 Å². The van der Waals surface area contributed by atoms with E-state index in [4.69, 9.17) is 0 Å². The molecule has 6 heteroatoms. The lowest BCUT2D eigenvalue weighted by atomic mass is 10.2. The molecule has 2 rings (SSSR count). The summed E-state index contributed by atoms with van der Waals surface area (Å²) in [4.78, 5) is 26.5. The highest BCUT2D eigenvalue weighted by molar-refractivity contribution is 6.04. The van der Waals surface area contributed by atoms with Gasteiger partial charge in [-0.25, -0.2) is 0 Å². The van der Waals surface area contributed by atoms with Gasteiger partial charge in [0.15, 0.2) is 5.43 Å². The molecule has 0 aliphatic heterocycles. The van der Waals surface area contributed by atoms with Crippen molar-refractivity contribution in [2.24, 2.45) is 0 Å². The van der Waals surface area contributed by atoms with Crippen LogP contribution in [0.1, 0.15) is 41.6 Å².